The van der Waals surface area contributed by atoms with Crippen LogP contribution in [0, 0.1) is 0 Å². The SMILES string of the molecule is CCCNC(c1ccccc1)C(CC)N(C)CC(F)F. The summed E-state index contributed by atoms with van der Waals surface area (Å²) in [6, 6.07) is 10.2. The zero-order chi connectivity index (χ0) is 15.0. The van der Waals surface area contributed by atoms with Crippen LogP contribution in [0.1, 0.15) is 38.3 Å². The van der Waals surface area contributed by atoms with Crippen molar-refractivity contribution in [2.75, 3.05) is 20.1 Å². The van der Waals surface area contributed by atoms with Crippen LogP contribution in [0.3, 0.4) is 0 Å². The van der Waals surface area contributed by atoms with Gasteiger partial charge in [0.2, 0.25) is 0 Å². The Morgan fingerprint density at radius 2 is 1.80 bits per heavy atom. The fraction of sp³-hybridized carbons (Fsp3) is 0.625. The van der Waals surface area contributed by atoms with E-state index in [1.54, 1.807) is 11.9 Å². The lowest BCUT2D eigenvalue weighted by atomic mass is 9.96. The molecule has 0 fully saturated rings. The van der Waals surface area contributed by atoms with Crippen molar-refractivity contribution in [3.63, 3.8) is 0 Å². The minimum Gasteiger partial charge on any atom is -0.309 e. The van der Waals surface area contributed by atoms with Gasteiger partial charge >= 0.3 is 0 Å². The molecule has 1 N–H and O–H groups in total. The smallest absolute Gasteiger partial charge is 0.251 e. The second kappa shape index (κ2) is 9.03. The molecule has 2 unspecified atom stereocenters. The van der Waals surface area contributed by atoms with Crippen LogP contribution >= 0.6 is 0 Å². The maximum atomic E-state index is 12.6. The standard InChI is InChI=1S/C16H26F2N2/c1-4-11-19-16(13-9-7-6-8-10-13)14(5-2)20(3)12-15(17)18/h6-10,14-16,19H,4-5,11-12H2,1-3H3. The van der Waals surface area contributed by atoms with Crippen molar-refractivity contribution in [3.05, 3.63) is 35.9 Å². The van der Waals surface area contributed by atoms with Gasteiger partial charge in [-0.05, 0) is 32.0 Å². The van der Waals surface area contributed by atoms with E-state index >= 15 is 0 Å². The Hall–Kier alpha value is -1.00. The molecule has 0 saturated heterocycles. The van der Waals surface area contributed by atoms with Crippen LogP contribution in [0.5, 0.6) is 0 Å². The summed E-state index contributed by atoms with van der Waals surface area (Å²) in [7, 11) is 1.78. The number of nitrogens with one attached hydrogen (secondary N) is 1. The molecule has 1 aromatic rings. The van der Waals surface area contributed by atoms with Crippen LogP contribution in [-0.4, -0.2) is 37.5 Å². The predicted octanol–water partition coefficient (Wildman–Crippen LogP) is 3.70. The van der Waals surface area contributed by atoms with E-state index in [4.69, 9.17) is 0 Å². The Morgan fingerprint density at radius 3 is 2.30 bits per heavy atom. The van der Waals surface area contributed by atoms with Gasteiger partial charge in [0, 0.05) is 12.1 Å². The van der Waals surface area contributed by atoms with Crippen molar-refractivity contribution >= 4 is 0 Å². The average Bonchev–Trinajstić information content (AvgIpc) is 2.43. The first-order valence-corrected chi connectivity index (χ1v) is 7.36. The monoisotopic (exact) mass is 284 g/mol. The molecule has 2 atom stereocenters. The van der Waals surface area contributed by atoms with Gasteiger partial charge in [0.25, 0.3) is 6.43 Å². The molecule has 0 radical (unpaired) electrons. The zero-order valence-corrected chi connectivity index (χ0v) is 12.7. The van der Waals surface area contributed by atoms with Gasteiger partial charge in [0.05, 0.1) is 6.54 Å². The molecular weight excluding hydrogens is 258 g/mol. The highest BCUT2D eigenvalue weighted by molar-refractivity contribution is 5.20. The Balaban J connectivity index is 2.89. The molecule has 114 valence electrons. The number of benzene rings is 1. The quantitative estimate of drug-likeness (QED) is 0.744. The van der Waals surface area contributed by atoms with Gasteiger partial charge in [-0.3, -0.25) is 4.90 Å². The summed E-state index contributed by atoms with van der Waals surface area (Å²) >= 11 is 0. The Kier molecular flexibility index (Phi) is 7.70. The molecule has 0 bridgehead atoms. The minimum absolute atomic E-state index is 0.0675. The summed E-state index contributed by atoms with van der Waals surface area (Å²) < 4.78 is 25.3. The molecule has 0 amide bonds. The van der Waals surface area contributed by atoms with Gasteiger partial charge in [0.15, 0.2) is 0 Å². The van der Waals surface area contributed by atoms with Gasteiger partial charge in [-0.15, -0.1) is 0 Å². The molecule has 1 aromatic carbocycles. The average molecular weight is 284 g/mol. The van der Waals surface area contributed by atoms with Crippen LogP contribution in [0.2, 0.25) is 0 Å². The van der Waals surface area contributed by atoms with Crippen molar-refractivity contribution in [1.82, 2.24) is 10.2 Å². The number of likely N-dealkylation sites (N-methyl/N-ethyl adjacent to an activating group) is 1. The van der Waals surface area contributed by atoms with Crippen LogP contribution < -0.4 is 5.32 Å². The number of halogens is 2. The Labute approximate surface area is 121 Å². The number of nitrogens with zero attached hydrogens (tertiary/aromatic N) is 1. The first-order chi connectivity index (χ1) is 9.60. The van der Waals surface area contributed by atoms with Gasteiger partial charge in [-0.2, -0.15) is 0 Å². The minimum atomic E-state index is -2.29. The first-order valence-electron chi connectivity index (χ1n) is 7.36. The van der Waals surface area contributed by atoms with E-state index in [9.17, 15) is 8.78 Å². The summed E-state index contributed by atoms with van der Waals surface area (Å²) in [6.45, 7) is 4.86. The molecule has 0 aromatic heterocycles. The number of rotatable bonds is 9. The molecule has 1 rings (SSSR count). The van der Waals surface area contributed by atoms with E-state index < -0.39 is 6.43 Å². The molecule has 2 nitrogen and oxygen atoms in total. The maximum Gasteiger partial charge on any atom is 0.251 e. The molecular formula is C16H26F2N2. The van der Waals surface area contributed by atoms with Crippen LogP contribution in [-0.2, 0) is 0 Å². The fourth-order valence-corrected chi connectivity index (χ4v) is 2.59. The van der Waals surface area contributed by atoms with Crippen LogP contribution in [0.25, 0.3) is 0 Å². The molecule has 0 aliphatic rings. The molecule has 0 spiro atoms. The molecule has 0 saturated carbocycles. The molecule has 4 heteroatoms. The lowest BCUT2D eigenvalue weighted by molar-refractivity contribution is 0.0687. The van der Waals surface area contributed by atoms with Crippen molar-refractivity contribution in [2.45, 2.75) is 45.2 Å². The van der Waals surface area contributed by atoms with E-state index in [0.717, 1.165) is 24.9 Å². The predicted molar refractivity (Wildman–Crippen MR) is 80.2 cm³/mol. The van der Waals surface area contributed by atoms with Gasteiger partial charge in [0.1, 0.15) is 0 Å². The van der Waals surface area contributed by atoms with E-state index in [-0.39, 0.29) is 18.6 Å². The molecule has 0 heterocycles. The highest BCUT2D eigenvalue weighted by Gasteiger charge is 2.26. The third-order valence-corrected chi connectivity index (χ3v) is 3.57. The van der Waals surface area contributed by atoms with Gasteiger partial charge < -0.3 is 5.32 Å². The van der Waals surface area contributed by atoms with E-state index in [0.29, 0.717) is 0 Å². The molecule has 20 heavy (non-hydrogen) atoms. The molecule has 0 aliphatic heterocycles. The number of hydrogen-bond acceptors (Lipinski definition) is 2. The zero-order valence-electron chi connectivity index (χ0n) is 12.7. The van der Waals surface area contributed by atoms with E-state index in [1.807, 2.05) is 18.2 Å². The third-order valence-electron chi connectivity index (χ3n) is 3.57. The normalized spacial score (nSPS) is 14.8. The fourth-order valence-electron chi connectivity index (χ4n) is 2.59. The van der Waals surface area contributed by atoms with Crippen molar-refractivity contribution in [2.24, 2.45) is 0 Å². The third kappa shape index (κ3) is 5.17. The van der Waals surface area contributed by atoms with Crippen LogP contribution in [0.15, 0.2) is 30.3 Å². The lowest BCUT2D eigenvalue weighted by Crippen LogP contribution is -2.44. The van der Waals surface area contributed by atoms with Gasteiger partial charge in [-0.1, -0.05) is 44.2 Å². The van der Waals surface area contributed by atoms with Crippen LogP contribution in [0.4, 0.5) is 8.78 Å². The Morgan fingerprint density at radius 1 is 1.15 bits per heavy atom. The topological polar surface area (TPSA) is 15.3 Å². The second-order valence-electron chi connectivity index (χ2n) is 5.15. The second-order valence-corrected chi connectivity index (χ2v) is 5.15. The largest absolute Gasteiger partial charge is 0.309 e. The van der Waals surface area contributed by atoms with E-state index in [1.165, 1.54) is 0 Å². The maximum absolute atomic E-state index is 12.6. The highest BCUT2D eigenvalue weighted by Crippen LogP contribution is 2.23. The van der Waals surface area contributed by atoms with Crippen molar-refractivity contribution in [1.29, 1.82) is 0 Å². The first kappa shape index (κ1) is 17.1. The van der Waals surface area contributed by atoms with Gasteiger partial charge in [-0.25, -0.2) is 8.78 Å². The Bertz CT molecular complexity index is 357. The number of hydrogen-bond donors (Lipinski definition) is 1. The highest BCUT2D eigenvalue weighted by atomic mass is 19.3. The summed E-state index contributed by atoms with van der Waals surface area (Å²) in [5.74, 6) is 0. The lowest BCUT2D eigenvalue weighted by Gasteiger charge is -2.35. The molecule has 0 aliphatic carbocycles. The van der Waals surface area contributed by atoms with Crippen molar-refractivity contribution < 1.29 is 8.78 Å². The number of alkyl halides is 2. The summed E-state index contributed by atoms with van der Waals surface area (Å²) in [5, 5.41) is 3.50. The summed E-state index contributed by atoms with van der Waals surface area (Å²) in [4.78, 5) is 1.77. The summed E-state index contributed by atoms with van der Waals surface area (Å²) in [6.07, 6.45) is -0.436. The summed E-state index contributed by atoms with van der Waals surface area (Å²) in [5.41, 5.74) is 1.16. The van der Waals surface area contributed by atoms with E-state index in [2.05, 4.69) is 31.3 Å². The van der Waals surface area contributed by atoms with Crippen molar-refractivity contribution in [3.8, 4) is 0 Å².